The van der Waals surface area contributed by atoms with E-state index in [-0.39, 0.29) is 0 Å². The summed E-state index contributed by atoms with van der Waals surface area (Å²) in [4.78, 5) is 0. The van der Waals surface area contributed by atoms with Gasteiger partial charge in [-0.25, -0.2) is 17.2 Å². The molecule has 1 N–H and O–H groups in total. The number of hydrogen-bond donors (Lipinski definition) is 1. The van der Waals surface area contributed by atoms with Crippen LogP contribution in [0.25, 0.3) is 0 Å². The average Bonchev–Trinajstić information content (AvgIpc) is 2.46. The second-order valence-corrected chi connectivity index (χ2v) is 6.03. The molecule has 1 aromatic rings. The first-order chi connectivity index (χ1) is 7.87. The Morgan fingerprint density at radius 2 is 2.00 bits per heavy atom. The summed E-state index contributed by atoms with van der Waals surface area (Å²) in [5.74, 6) is -2.72. The zero-order valence-corrected chi connectivity index (χ0v) is 9.45. The highest BCUT2D eigenvalue weighted by Gasteiger charge is 2.38. The van der Waals surface area contributed by atoms with Gasteiger partial charge in [-0.15, -0.1) is 0 Å². The van der Waals surface area contributed by atoms with Crippen LogP contribution in [0.2, 0.25) is 0 Å². The van der Waals surface area contributed by atoms with Crippen molar-refractivity contribution in [2.75, 3.05) is 11.5 Å². The van der Waals surface area contributed by atoms with E-state index < -0.39 is 50.9 Å². The van der Waals surface area contributed by atoms with E-state index in [1.807, 2.05) is 0 Å². The van der Waals surface area contributed by atoms with Crippen LogP contribution in [-0.2, 0) is 9.84 Å². The molecule has 1 aliphatic rings. The minimum atomic E-state index is -3.38. The van der Waals surface area contributed by atoms with Gasteiger partial charge in [0, 0.05) is 6.07 Å². The number of sulfone groups is 1. The third kappa shape index (κ3) is 2.73. The molecule has 0 aliphatic carbocycles. The highest BCUT2D eigenvalue weighted by Crippen LogP contribution is 2.23. The Kier molecular flexibility index (Phi) is 3.05. The van der Waals surface area contributed by atoms with Gasteiger partial charge in [0.1, 0.15) is 18.0 Å². The smallest absolute Gasteiger partial charge is 0.165 e. The lowest BCUT2D eigenvalue weighted by atomic mass is 10.2. The average molecular weight is 264 g/mol. The molecule has 1 aromatic carbocycles. The maximum absolute atomic E-state index is 13.2. The fourth-order valence-electron chi connectivity index (χ4n) is 1.64. The van der Waals surface area contributed by atoms with Crippen molar-refractivity contribution in [2.45, 2.75) is 12.2 Å². The Morgan fingerprint density at radius 3 is 2.59 bits per heavy atom. The standard InChI is InChI=1S/C10H10F2O4S/c11-6-1-2-7(12)9(3-6)16-10-5-17(14,15)4-8(10)13/h1-3,8,10,13H,4-5H2. The zero-order chi connectivity index (χ0) is 12.6. The molecular formula is C10H10F2O4S. The SMILES string of the molecule is O=S1(=O)CC(O)C(Oc2cc(F)ccc2F)C1. The molecular weight excluding hydrogens is 254 g/mol. The molecule has 0 saturated carbocycles. The third-order valence-corrected chi connectivity index (χ3v) is 4.13. The predicted molar refractivity (Wildman–Crippen MR) is 55.4 cm³/mol. The topological polar surface area (TPSA) is 63.6 Å². The minimum Gasteiger partial charge on any atom is -0.483 e. The second-order valence-electron chi connectivity index (χ2n) is 3.88. The van der Waals surface area contributed by atoms with Crippen LogP contribution in [0.5, 0.6) is 5.75 Å². The van der Waals surface area contributed by atoms with Gasteiger partial charge in [0.25, 0.3) is 0 Å². The number of aliphatic hydroxyl groups excluding tert-OH is 1. The van der Waals surface area contributed by atoms with E-state index in [9.17, 15) is 22.3 Å². The summed E-state index contributed by atoms with van der Waals surface area (Å²) in [7, 11) is -3.38. The van der Waals surface area contributed by atoms with Crippen LogP contribution in [0.15, 0.2) is 18.2 Å². The highest BCUT2D eigenvalue weighted by molar-refractivity contribution is 7.91. The maximum atomic E-state index is 13.2. The van der Waals surface area contributed by atoms with E-state index in [0.29, 0.717) is 0 Å². The van der Waals surface area contributed by atoms with Gasteiger partial charge < -0.3 is 9.84 Å². The molecule has 1 heterocycles. The van der Waals surface area contributed by atoms with Crippen molar-refractivity contribution < 1.29 is 27.0 Å². The van der Waals surface area contributed by atoms with Gasteiger partial charge in [0.05, 0.1) is 11.5 Å². The largest absolute Gasteiger partial charge is 0.483 e. The van der Waals surface area contributed by atoms with Gasteiger partial charge in [-0.3, -0.25) is 0 Å². The number of ether oxygens (including phenoxy) is 1. The Hall–Kier alpha value is -1.21. The molecule has 94 valence electrons. The van der Waals surface area contributed by atoms with E-state index in [1.165, 1.54) is 0 Å². The molecule has 2 unspecified atom stereocenters. The zero-order valence-electron chi connectivity index (χ0n) is 8.64. The van der Waals surface area contributed by atoms with Gasteiger partial charge in [0.2, 0.25) is 0 Å². The van der Waals surface area contributed by atoms with E-state index in [2.05, 4.69) is 0 Å². The van der Waals surface area contributed by atoms with E-state index >= 15 is 0 Å². The molecule has 0 amide bonds. The van der Waals surface area contributed by atoms with E-state index in [1.54, 1.807) is 0 Å². The maximum Gasteiger partial charge on any atom is 0.165 e. The highest BCUT2D eigenvalue weighted by atomic mass is 32.2. The lowest BCUT2D eigenvalue weighted by Gasteiger charge is -2.15. The van der Waals surface area contributed by atoms with Gasteiger partial charge in [0.15, 0.2) is 21.4 Å². The molecule has 1 saturated heterocycles. The number of benzene rings is 1. The van der Waals surface area contributed by atoms with Crippen molar-refractivity contribution in [2.24, 2.45) is 0 Å². The fraction of sp³-hybridized carbons (Fsp3) is 0.400. The quantitative estimate of drug-likeness (QED) is 0.845. The first-order valence-corrected chi connectivity index (χ1v) is 6.70. The van der Waals surface area contributed by atoms with Crippen molar-refractivity contribution in [3.8, 4) is 5.75 Å². The molecule has 7 heteroatoms. The molecule has 17 heavy (non-hydrogen) atoms. The Balaban J connectivity index is 2.19. The van der Waals surface area contributed by atoms with Crippen LogP contribution in [0.4, 0.5) is 8.78 Å². The van der Waals surface area contributed by atoms with Crippen molar-refractivity contribution in [3.63, 3.8) is 0 Å². The first-order valence-electron chi connectivity index (χ1n) is 4.87. The van der Waals surface area contributed by atoms with Crippen LogP contribution >= 0.6 is 0 Å². The van der Waals surface area contributed by atoms with Crippen LogP contribution in [-0.4, -0.2) is 37.2 Å². The second kappa shape index (κ2) is 4.23. The summed E-state index contributed by atoms with van der Waals surface area (Å²) in [6.07, 6.45) is -2.28. The van der Waals surface area contributed by atoms with Gasteiger partial charge in [-0.2, -0.15) is 0 Å². The lowest BCUT2D eigenvalue weighted by Crippen LogP contribution is -2.30. The number of hydrogen-bond acceptors (Lipinski definition) is 4. The summed E-state index contributed by atoms with van der Waals surface area (Å²) in [5, 5.41) is 9.43. The Morgan fingerprint density at radius 1 is 1.29 bits per heavy atom. The van der Waals surface area contributed by atoms with Crippen LogP contribution in [0.1, 0.15) is 0 Å². The fourth-order valence-corrected chi connectivity index (χ4v) is 3.30. The predicted octanol–water partition coefficient (Wildman–Crippen LogP) is 0.501. The summed E-state index contributed by atoms with van der Waals surface area (Å²) in [6, 6.07) is 2.61. The van der Waals surface area contributed by atoms with Crippen molar-refractivity contribution in [1.29, 1.82) is 0 Å². The molecule has 2 atom stereocenters. The van der Waals surface area contributed by atoms with Gasteiger partial charge >= 0.3 is 0 Å². The molecule has 0 radical (unpaired) electrons. The number of halogens is 2. The summed E-state index contributed by atoms with van der Waals surface area (Å²) < 4.78 is 53.4. The first kappa shape index (κ1) is 12.3. The van der Waals surface area contributed by atoms with Crippen molar-refractivity contribution in [3.05, 3.63) is 29.8 Å². The monoisotopic (exact) mass is 264 g/mol. The van der Waals surface area contributed by atoms with Crippen LogP contribution < -0.4 is 4.74 Å². The van der Waals surface area contributed by atoms with Crippen LogP contribution in [0, 0.1) is 11.6 Å². The molecule has 1 fully saturated rings. The molecule has 0 aromatic heterocycles. The number of aliphatic hydroxyl groups is 1. The summed E-state index contributed by atoms with van der Waals surface area (Å²) in [6.45, 7) is 0. The van der Waals surface area contributed by atoms with Gasteiger partial charge in [-0.05, 0) is 12.1 Å². The summed E-state index contributed by atoms with van der Waals surface area (Å²) >= 11 is 0. The lowest BCUT2D eigenvalue weighted by molar-refractivity contribution is 0.0708. The molecule has 1 aliphatic heterocycles. The van der Waals surface area contributed by atoms with Crippen molar-refractivity contribution >= 4 is 9.84 Å². The normalized spacial score (nSPS) is 27.0. The van der Waals surface area contributed by atoms with E-state index in [4.69, 9.17) is 4.74 Å². The minimum absolute atomic E-state index is 0.397. The van der Waals surface area contributed by atoms with Gasteiger partial charge in [-0.1, -0.05) is 0 Å². The molecule has 0 spiro atoms. The van der Waals surface area contributed by atoms with Crippen molar-refractivity contribution in [1.82, 2.24) is 0 Å². The molecule has 2 rings (SSSR count). The Labute approximate surface area is 96.7 Å². The molecule has 4 nitrogen and oxygen atoms in total. The number of rotatable bonds is 2. The third-order valence-electron chi connectivity index (χ3n) is 2.44. The Bertz CT molecular complexity index is 529. The molecule has 0 bridgehead atoms. The van der Waals surface area contributed by atoms with E-state index in [0.717, 1.165) is 18.2 Å². The van der Waals surface area contributed by atoms with Crippen LogP contribution in [0.3, 0.4) is 0 Å². The summed E-state index contributed by atoms with van der Waals surface area (Å²) in [5.41, 5.74) is 0.